The first-order chi connectivity index (χ1) is 14.9. The first kappa shape index (κ1) is 22.9. The minimum absolute atomic E-state index is 0.0570. The Balaban J connectivity index is 1.35. The summed E-state index contributed by atoms with van der Waals surface area (Å²) in [4.78, 5) is 26.9. The summed E-state index contributed by atoms with van der Waals surface area (Å²) < 4.78 is 5.68. The lowest BCUT2D eigenvalue weighted by Gasteiger charge is -2.32. The van der Waals surface area contributed by atoms with E-state index in [1.54, 1.807) is 0 Å². The van der Waals surface area contributed by atoms with Crippen LogP contribution in [0, 0.1) is 6.92 Å². The Hall–Kier alpha value is -2.82. The van der Waals surface area contributed by atoms with Crippen LogP contribution in [-0.2, 0) is 4.79 Å². The second-order valence-corrected chi connectivity index (χ2v) is 8.68. The number of aryl methyl sites for hydroxylation is 1. The standard InChI is InChI=1S/C26H34N2O3/c1-19(2)21-8-10-22(11-9-21)26(30)28-16-14-23(15-17-28)27-25(29)5-4-18-31-24-12-6-20(3)7-13-24/h6-13,19,23H,4-5,14-18H2,1-3H3,(H,27,29). The Morgan fingerprint density at radius 2 is 1.68 bits per heavy atom. The van der Waals surface area contributed by atoms with Crippen LogP contribution in [0.25, 0.3) is 0 Å². The van der Waals surface area contributed by atoms with Gasteiger partial charge in [-0.25, -0.2) is 0 Å². The van der Waals surface area contributed by atoms with E-state index in [2.05, 4.69) is 19.2 Å². The van der Waals surface area contributed by atoms with Crippen molar-refractivity contribution in [2.75, 3.05) is 19.7 Å². The molecule has 31 heavy (non-hydrogen) atoms. The molecular formula is C26H34N2O3. The zero-order valence-corrected chi connectivity index (χ0v) is 18.9. The Morgan fingerprint density at radius 3 is 2.29 bits per heavy atom. The Labute approximate surface area is 185 Å². The van der Waals surface area contributed by atoms with Gasteiger partial charge in [-0.15, -0.1) is 0 Å². The monoisotopic (exact) mass is 422 g/mol. The van der Waals surface area contributed by atoms with Crippen LogP contribution in [0.15, 0.2) is 48.5 Å². The van der Waals surface area contributed by atoms with Gasteiger partial charge < -0.3 is 15.0 Å². The average Bonchev–Trinajstić information content (AvgIpc) is 2.78. The number of hydrogen-bond acceptors (Lipinski definition) is 3. The molecule has 0 aliphatic carbocycles. The van der Waals surface area contributed by atoms with Crippen molar-refractivity contribution in [2.45, 2.75) is 58.4 Å². The van der Waals surface area contributed by atoms with Crippen molar-refractivity contribution in [1.82, 2.24) is 10.2 Å². The molecule has 2 amide bonds. The third kappa shape index (κ3) is 6.84. The summed E-state index contributed by atoms with van der Waals surface area (Å²) in [7, 11) is 0. The quantitative estimate of drug-likeness (QED) is 0.628. The molecule has 1 N–H and O–H groups in total. The van der Waals surface area contributed by atoms with Gasteiger partial charge in [0.15, 0.2) is 0 Å². The van der Waals surface area contributed by atoms with Crippen LogP contribution in [0.2, 0.25) is 0 Å². The fraction of sp³-hybridized carbons (Fsp3) is 0.462. The van der Waals surface area contributed by atoms with E-state index in [0.717, 1.165) is 24.2 Å². The molecule has 1 heterocycles. The van der Waals surface area contributed by atoms with Gasteiger partial charge in [0, 0.05) is 31.1 Å². The van der Waals surface area contributed by atoms with E-state index in [1.165, 1.54) is 11.1 Å². The molecule has 0 saturated carbocycles. The van der Waals surface area contributed by atoms with Gasteiger partial charge in [0.1, 0.15) is 5.75 Å². The van der Waals surface area contributed by atoms with Crippen LogP contribution in [-0.4, -0.2) is 42.5 Å². The average molecular weight is 423 g/mol. The molecule has 1 fully saturated rings. The van der Waals surface area contributed by atoms with E-state index in [4.69, 9.17) is 4.74 Å². The topological polar surface area (TPSA) is 58.6 Å². The minimum atomic E-state index is 0.0570. The van der Waals surface area contributed by atoms with Gasteiger partial charge in [-0.3, -0.25) is 9.59 Å². The molecule has 2 aromatic carbocycles. The maximum atomic E-state index is 12.7. The third-order valence-electron chi connectivity index (χ3n) is 5.81. The number of nitrogens with zero attached hydrogens (tertiary/aromatic N) is 1. The fourth-order valence-electron chi connectivity index (χ4n) is 3.78. The summed E-state index contributed by atoms with van der Waals surface area (Å²) in [5.74, 6) is 1.43. The molecule has 0 bridgehead atoms. The highest BCUT2D eigenvalue weighted by atomic mass is 16.5. The highest BCUT2D eigenvalue weighted by molar-refractivity contribution is 5.94. The summed E-state index contributed by atoms with van der Waals surface area (Å²) >= 11 is 0. The van der Waals surface area contributed by atoms with Crippen LogP contribution in [0.4, 0.5) is 0 Å². The van der Waals surface area contributed by atoms with Gasteiger partial charge in [-0.2, -0.15) is 0 Å². The predicted molar refractivity (Wildman–Crippen MR) is 124 cm³/mol. The molecule has 5 heteroatoms. The Bertz CT molecular complexity index is 851. The number of hydrogen-bond donors (Lipinski definition) is 1. The molecule has 2 aromatic rings. The number of piperidine rings is 1. The van der Waals surface area contributed by atoms with Gasteiger partial charge in [-0.05, 0) is 61.9 Å². The zero-order valence-electron chi connectivity index (χ0n) is 18.9. The predicted octanol–water partition coefficient (Wildman–Crippen LogP) is 4.70. The normalized spacial score (nSPS) is 14.5. The van der Waals surface area contributed by atoms with Crippen molar-refractivity contribution in [1.29, 1.82) is 0 Å². The number of carbonyl (C=O) groups excluding carboxylic acids is 2. The summed E-state index contributed by atoms with van der Waals surface area (Å²) in [6.07, 6.45) is 2.72. The van der Waals surface area contributed by atoms with Gasteiger partial charge >= 0.3 is 0 Å². The van der Waals surface area contributed by atoms with Gasteiger partial charge in [0.25, 0.3) is 5.91 Å². The van der Waals surface area contributed by atoms with Crippen LogP contribution in [0.1, 0.15) is 66.9 Å². The SMILES string of the molecule is Cc1ccc(OCCCC(=O)NC2CCN(C(=O)c3ccc(C(C)C)cc3)CC2)cc1. The van der Waals surface area contributed by atoms with Crippen molar-refractivity contribution < 1.29 is 14.3 Å². The van der Waals surface area contributed by atoms with Crippen molar-refractivity contribution in [3.8, 4) is 5.75 Å². The van der Waals surface area contributed by atoms with E-state index in [9.17, 15) is 9.59 Å². The van der Waals surface area contributed by atoms with E-state index >= 15 is 0 Å². The number of rotatable bonds is 8. The summed E-state index contributed by atoms with van der Waals surface area (Å²) in [6.45, 7) is 8.20. The molecule has 166 valence electrons. The molecular weight excluding hydrogens is 388 g/mol. The van der Waals surface area contributed by atoms with Crippen LogP contribution in [0.3, 0.4) is 0 Å². The molecule has 0 unspecified atom stereocenters. The van der Waals surface area contributed by atoms with Gasteiger partial charge in [-0.1, -0.05) is 43.7 Å². The first-order valence-electron chi connectivity index (χ1n) is 11.3. The first-order valence-corrected chi connectivity index (χ1v) is 11.3. The number of nitrogens with one attached hydrogen (secondary N) is 1. The van der Waals surface area contributed by atoms with E-state index in [-0.39, 0.29) is 17.9 Å². The molecule has 0 aromatic heterocycles. The zero-order chi connectivity index (χ0) is 22.2. The smallest absolute Gasteiger partial charge is 0.253 e. The van der Waals surface area contributed by atoms with Crippen molar-refractivity contribution >= 4 is 11.8 Å². The van der Waals surface area contributed by atoms with Gasteiger partial charge in [0.2, 0.25) is 5.91 Å². The molecule has 1 aliphatic rings. The van der Waals surface area contributed by atoms with Crippen LogP contribution >= 0.6 is 0 Å². The Morgan fingerprint density at radius 1 is 1.03 bits per heavy atom. The Kier molecular flexibility index (Phi) is 8.10. The highest BCUT2D eigenvalue weighted by Gasteiger charge is 2.24. The largest absolute Gasteiger partial charge is 0.494 e. The molecule has 0 atom stereocenters. The molecule has 1 aliphatic heterocycles. The molecule has 0 radical (unpaired) electrons. The second-order valence-electron chi connectivity index (χ2n) is 8.68. The lowest BCUT2D eigenvalue weighted by Crippen LogP contribution is -2.46. The number of likely N-dealkylation sites (tertiary alicyclic amines) is 1. The summed E-state index contributed by atoms with van der Waals surface area (Å²) in [5, 5.41) is 3.11. The maximum Gasteiger partial charge on any atom is 0.253 e. The fourth-order valence-corrected chi connectivity index (χ4v) is 3.78. The molecule has 1 saturated heterocycles. The molecule has 5 nitrogen and oxygen atoms in total. The lowest BCUT2D eigenvalue weighted by atomic mass is 10.0. The van der Waals surface area contributed by atoms with Crippen molar-refractivity contribution in [3.63, 3.8) is 0 Å². The summed E-state index contributed by atoms with van der Waals surface area (Å²) in [6, 6.07) is 16.0. The number of amides is 2. The van der Waals surface area contributed by atoms with E-state index in [0.29, 0.717) is 38.5 Å². The van der Waals surface area contributed by atoms with Gasteiger partial charge in [0.05, 0.1) is 6.61 Å². The minimum Gasteiger partial charge on any atom is -0.494 e. The highest BCUT2D eigenvalue weighted by Crippen LogP contribution is 2.18. The number of benzene rings is 2. The molecule has 0 spiro atoms. The number of ether oxygens (including phenoxy) is 1. The lowest BCUT2D eigenvalue weighted by molar-refractivity contribution is -0.122. The molecule has 3 rings (SSSR count). The maximum absolute atomic E-state index is 12.7. The van der Waals surface area contributed by atoms with E-state index in [1.807, 2.05) is 60.4 Å². The summed E-state index contributed by atoms with van der Waals surface area (Å²) in [5.41, 5.74) is 3.17. The van der Waals surface area contributed by atoms with Crippen molar-refractivity contribution in [3.05, 3.63) is 65.2 Å². The van der Waals surface area contributed by atoms with E-state index < -0.39 is 0 Å². The van der Waals surface area contributed by atoms with Crippen molar-refractivity contribution in [2.24, 2.45) is 0 Å². The van der Waals surface area contributed by atoms with Crippen LogP contribution in [0.5, 0.6) is 5.75 Å². The third-order valence-corrected chi connectivity index (χ3v) is 5.81. The second kappa shape index (κ2) is 11.0. The van der Waals surface area contributed by atoms with Crippen LogP contribution < -0.4 is 10.1 Å². The number of carbonyl (C=O) groups is 2.